The summed E-state index contributed by atoms with van der Waals surface area (Å²) in [4.78, 5) is 36.8. The Morgan fingerprint density at radius 3 is 2.29 bits per heavy atom. The maximum Gasteiger partial charge on any atom is 0.332 e. The van der Waals surface area contributed by atoms with E-state index in [4.69, 9.17) is 15.2 Å². The molecule has 5 aliphatic carbocycles. The Morgan fingerprint density at radius 1 is 0.976 bits per heavy atom. The van der Waals surface area contributed by atoms with E-state index in [1.54, 1.807) is 0 Å². The van der Waals surface area contributed by atoms with Gasteiger partial charge in [-0.3, -0.25) is 9.59 Å². The van der Waals surface area contributed by atoms with Gasteiger partial charge in [-0.15, -0.1) is 0 Å². The van der Waals surface area contributed by atoms with Crippen LogP contribution in [0.3, 0.4) is 0 Å². The highest BCUT2D eigenvalue weighted by Gasteiger charge is 2.67. The van der Waals surface area contributed by atoms with Crippen LogP contribution in [0.4, 0.5) is 4.79 Å². The summed E-state index contributed by atoms with van der Waals surface area (Å²) >= 11 is 0. The van der Waals surface area contributed by atoms with Crippen LogP contribution in [0.1, 0.15) is 107 Å². The van der Waals surface area contributed by atoms with E-state index >= 15 is 0 Å². The number of hydrogen-bond acceptors (Lipinski definition) is 6. The Bertz CT molecular complexity index is 1300. The molecule has 5 aliphatic rings. The summed E-state index contributed by atoms with van der Waals surface area (Å²) in [5.41, 5.74) is 9.94. The van der Waals surface area contributed by atoms with Crippen LogP contribution in [0.2, 0.25) is 0 Å². The van der Waals surface area contributed by atoms with E-state index in [1.807, 2.05) is 6.92 Å². The third kappa shape index (κ3) is 4.13. The van der Waals surface area contributed by atoms with Crippen molar-refractivity contribution >= 4 is 23.7 Å². The van der Waals surface area contributed by atoms with E-state index in [-0.39, 0.29) is 45.1 Å². The Hall–Kier alpha value is -2.64. The molecular weight excluding hydrogens is 530 g/mol. The summed E-state index contributed by atoms with van der Waals surface area (Å²) in [6, 6.07) is -0.712. The monoisotopic (exact) mass is 581 g/mol. The van der Waals surface area contributed by atoms with Crippen LogP contribution in [0.25, 0.3) is 0 Å². The van der Waals surface area contributed by atoms with Crippen LogP contribution in [0, 0.1) is 44.3 Å². The van der Waals surface area contributed by atoms with Gasteiger partial charge in [-0.2, -0.15) is 5.10 Å². The summed E-state index contributed by atoms with van der Waals surface area (Å²) in [5.74, 6) is 0.360. The third-order valence-corrected chi connectivity index (χ3v) is 13.3. The fourth-order valence-electron chi connectivity index (χ4n) is 10.7. The molecule has 5 rings (SSSR count). The quantitative estimate of drug-likeness (QED) is 0.293. The number of rotatable bonds is 3. The van der Waals surface area contributed by atoms with Gasteiger partial charge in [0.05, 0.1) is 12.5 Å². The number of ether oxygens (including phenoxy) is 2. The van der Waals surface area contributed by atoms with Crippen LogP contribution < -0.4 is 11.2 Å². The van der Waals surface area contributed by atoms with Crippen molar-refractivity contribution in [2.24, 2.45) is 55.2 Å². The number of fused-ring (bicyclic) bond motifs is 6. The zero-order valence-electron chi connectivity index (χ0n) is 27.1. The molecule has 3 N–H and O–H groups in total. The van der Waals surface area contributed by atoms with E-state index < -0.39 is 11.4 Å². The van der Waals surface area contributed by atoms with E-state index in [2.05, 4.69) is 64.2 Å². The number of nitrogens with zero attached hydrogens (tertiary/aromatic N) is 1. The Labute approximate surface area is 251 Å². The molecule has 8 atom stereocenters. The Morgan fingerprint density at radius 2 is 1.67 bits per heavy atom. The molecule has 8 nitrogen and oxygen atoms in total. The lowest BCUT2D eigenvalue weighted by Gasteiger charge is -2.69. The van der Waals surface area contributed by atoms with Gasteiger partial charge in [0, 0.05) is 29.9 Å². The molecule has 3 fully saturated rings. The molecule has 0 heterocycles. The van der Waals surface area contributed by atoms with E-state index in [0.717, 1.165) is 44.2 Å². The maximum atomic E-state index is 13.2. The second-order valence-electron chi connectivity index (χ2n) is 15.8. The Kier molecular flexibility index (Phi) is 7.10. The molecule has 0 saturated heterocycles. The second-order valence-corrected chi connectivity index (χ2v) is 15.8. The summed E-state index contributed by atoms with van der Waals surface area (Å²) < 4.78 is 11.2. The zero-order valence-corrected chi connectivity index (χ0v) is 27.1. The highest BCUT2D eigenvalue weighted by atomic mass is 16.5. The average Bonchev–Trinajstić information content (AvgIpc) is 2.89. The third-order valence-electron chi connectivity index (χ3n) is 13.3. The van der Waals surface area contributed by atoms with Crippen molar-refractivity contribution in [2.45, 2.75) is 113 Å². The van der Waals surface area contributed by atoms with Gasteiger partial charge < -0.3 is 15.2 Å². The number of nitrogens with two attached hydrogens (primary N) is 1. The van der Waals surface area contributed by atoms with Gasteiger partial charge in [0.2, 0.25) is 0 Å². The van der Waals surface area contributed by atoms with Gasteiger partial charge in [0.15, 0.2) is 0 Å². The molecule has 5 unspecified atom stereocenters. The van der Waals surface area contributed by atoms with Gasteiger partial charge in [0.25, 0.3) is 0 Å². The lowest BCUT2D eigenvalue weighted by atomic mass is 9.35. The first-order valence-electron chi connectivity index (χ1n) is 15.7. The molecule has 0 radical (unpaired) electrons. The fourth-order valence-corrected chi connectivity index (χ4v) is 10.7. The number of primary amides is 1. The first kappa shape index (κ1) is 30.8. The smallest absolute Gasteiger partial charge is 0.332 e. The van der Waals surface area contributed by atoms with Crippen molar-refractivity contribution in [2.75, 3.05) is 7.11 Å². The zero-order chi connectivity index (χ0) is 31.1. The van der Waals surface area contributed by atoms with Gasteiger partial charge >= 0.3 is 18.0 Å². The molecule has 0 spiro atoms. The van der Waals surface area contributed by atoms with Gasteiger partial charge in [-0.1, -0.05) is 59.3 Å². The van der Waals surface area contributed by atoms with Gasteiger partial charge in [-0.25, -0.2) is 10.2 Å². The van der Waals surface area contributed by atoms with Crippen LogP contribution in [-0.4, -0.2) is 36.9 Å². The standard InChI is InChI=1S/C34H51N3O5/c1-20(38)42-26-13-14-32(6)23(29(26,2)3)12-15-34(8)24(32)11-10-21-22-18-30(4,27(39)41-9)19-25(36-37-28(35)40)31(22,5)16-17-33(21,34)7/h10-11,23-24,26H,12-19H2,1-9H3,(H3,35,37,40)/t23?,24?,26?,30-,31?,32-,33?,34+/m0/s1. The summed E-state index contributed by atoms with van der Waals surface area (Å²) in [6.07, 6.45) is 11.8. The lowest BCUT2D eigenvalue weighted by Crippen LogP contribution is -2.63. The minimum absolute atomic E-state index is 0.0168. The molecule has 2 amide bonds. The average molecular weight is 582 g/mol. The molecule has 42 heavy (non-hydrogen) atoms. The molecule has 3 saturated carbocycles. The number of amides is 2. The molecule has 8 heteroatoms. The van der Waals surface area contributed by atoms with Crippen LogP contribution >= 0.6 is 0 Å². The van der Waals surface area contributed by atoms with Crippen LogP contribution in [0.15, 0.2) is 28.4 Å². The number of esters is 2. The number of urea groups is 1. The topological polar surface area (TPSA) is 120 Å². The normalized spacial score (nSPS) is 44.7. The van der Waals surface area contributed by atoms with E-state index in [9.17, 15) is 14.4 Å². The number of hydrogen-bond donors (Lipinski definition) is 2. The summed E-state index contributed by atoms with van der Waals surface area (Å²) in [7, 11) is 1.44. The molecule has 0 aromatic carbocycles. The van der Waals surface area contributed by atoms with Crippen molar-refractivity contribution in [3.8, 4) is 0 Å². The van der Waals surface area contributed by atoms with E-state index in [0.29, 0.717) is 24.7 Å². The number of carbonyl (C=O) groups is 3. The largest absolute Gasteiger partial charge is 0.469 e. The first-order valence-corrected chi connectivity index (χ1v) is 15.7. The number of methoxy groups -OCH3 is 1. The number of carbonyl (C=O) groups excluding carboxylic acids is 3. The molecule has 0 aliphatic heterocycles. The molecule has 0 aromatic rings. The van der Waals surface area contributed by atoms with Crippen molar-refractivity contribution in [3.63, 3.8) is 0 Å². The van der Waals surface area contributed by atoms with Crippen molar-refractivity contribution in [1.82, 2.24) is 5.43 Å². The number of allylic oxidation sites excluding steroid dienone is 4. The number of nitrogens with one attached hydrogen (secondary N) is 1. The molecular formula is C34H51N3O5. The lowest BCUT2D eigenvalue weighted by molar-refractivity contribution is -0.197. The van der Waals surface area contributed by atoms with Crippen LogP contribution in [-0.2, 0) is 19.1 Å². The highest BCUT2D eigenvalue weighted by Crippen LogP contribution is 2.74. The summed E-state index contributed by atoms with van der Waals surface area (Å²) in [6.45, 7) is 17.7. The predicted octanol–water partition coefficient (Wildman–Crippen LogP) is 6.45. The van der Waals surface area contributed by atoms with E-state index in [1.165, 1.54) is 25.2 Å². The van der Waals surface area contributed by atoms with Gasteiger partial charge in [0.1, 0.15) is 6.10 Å². The maximum absolute atomic E-state index is 13.2. The van der Waals surface area contributed by atoms with Crippen LogP contribution in [0.5, 0.6) is 0 Å². The number of hydrazone groups is 1. The molecule has 0 aromatic heterocycles. The minimum atomic E-state index is -0.790. The second kappa shape index (κ2) is 9.68. The van der Waals surface area contributed by atoms with Gasteiger partial charge in [-0.05, 0) is 85.5 Å². The molecule has 232 valence electrons. The first-order chi connectivity index (χ1) is 19.4. The van der Waals surface area contributed by atoms with Crippen molar-refractivity contribution in [1.29, 1.82) is 0 Å². The highest BCUT2D eigenvalue weighted by molar-refractivity contribution is 5.99. The Balaban J connectivity index is 1.64. The van der Waals surface area contributed by atoms with Crippen molar-refractivity contribution in [3.05, 3.63) is 23.3 Å². The summed E-state index contributed by atoms with van der Waals surface area (Å²) in [5, 5.41) is 4.51. The fraction of sp³-hybridized carbons (Fsp3) is 0.765. The molecule has 0 bridgehead atoms. The minimum Gasteiger partial charge on any atom is -0.469 e. The SMILES string of the molecule is COC(=O)[C@]1(C)CC(=NNC(N)=O)C2(C)CCC3(C)C(=C2C1)C=CC1[C@@]2(C)CCC(OC(C)=O)C(C)(C)C2CC[C@]13C. The predicted molar refractivity (Wildman–Crippen MR) is 162 cm³/mol. The van der Waals surface area contributed by atoms with Crippen molar-refractivity contribution < 1.29 is 23.9 Å².